The molecule has 1 aliphatic heterocycles. The molecule has 6 nitrogen and oxygen atoms in total. The normalized spacial score (nSPS) is 16.8. The zero-order chi connectivity index (χ0) is 16.4. The van der Waals surface area contributed by atoms with E-state index in [0.29, 0.717) is 26.3 Å². The van der Waals surface area contributed by atoms with Gasteiger partial charge in [0.05, 0.1) is 32.9 Å². The van der Waals surface area contributed by atoms with E-state index in [2.05, 4.69) is 4.98 Å². The number of benzene rings is 1. The molecule has 0 radical (unpaired) electrons. The van der Waals surface area contributed by atoms with Crippen molar-refractivity contribution in [1.82, 2.24) is 4.98 Å². The van der Waals surface area contributed by atoms with Crippen molar-refractivity contribution in [2.24, 2.45) is 0 Å². The summed E-state index contributed by atoms with van der Waals surface area (Å²) in [7, 11) is 3.61. The van der Waals surface area contributed by atoms with E-state index in [4.69, 9.17) is 14.2 Å². The average molecular weight is 319 g/mol. The number of methoxy groups -OCH3 is 1. The number of hydrogen-bond donors (Lipinski definition) is 2. The van der Waals surface area contributed by atoms with Gasteiger partial charge in [-0.2, -0.15) is 0 Å². The van der Waals surface area contributed by atoms with E-state index in [0.717, 1.165) is 32.8 Å². The number of fused-ring (bicyclic) bond motifs is 1. The zero-order valence-corrected chi connectivity index (χ0v) is 13.8. The third-order valence-corrected chi connectivity index (χ3v) is 4.14. The molecule has 23 heavy (non-hydrogen) atoms. The number of ether oxygens (including phenoxy) is 3. The lowest BCUT2D eigenvalue weighted by molar-refractivity contribution is -0.876. The molecule has 1 atom stereocenters. The highest BCUT2D eigenvalue weighted by molar-refractivity contribution is 6.10. The molecular weight excluding hydrogens is 296 g/mol. The van der Waals surface area contributed by atoms with Gasteiger partial charge in [0.2, 0.25) is 12.1 Å². The molecule has 2 aromatic rings. The van der Waals surface area contributed by atoms with Crippen LogP contribution in [0.5, 0.6) is 5.75 Å². The largest absolute Gasteiger partial charge is 0.497 e. The molecule has 6 heteroatoms. The van der Waals surface area contributed by atoms with E-state index in [1.807, 2.05) is 32.2 Å². The third kappa shape index (κ3) is 3.39. The first-order valence-corrected chi connectivity index (χ1v) is 7.82. The van der Waals surface area contributed by atoms with E-state index in [1.54, 1.807) is 7.11 Å². The van der Waals surface area contributed by atoms with Crippen LogP contribution in [0.15, 0.2) is 18.2 Å². The highest BCUT2D eigenvalue weighted by Gasteiger charge is 2.24. The molecule has 1 aromatic heterocycles. The Balaban J connectivity index is 1.78. The Morgan fingerprint density at radius 3 is 2.83 bits per heavy atom. The van der Waals surface area contributed by atoms with Crippen LogP contribution in [0.1, 0.15) is 16.1 Å². The van der Waals surface area contributed by atoms with Crippen LogP contribution in [-0.4, -0.2) is 57.5 Å². The number of aromatic nitrogens is 1. The molecule has 1 aromatic carbocycles. The average Bonchev–Trinajstić information content (AvgIpc) is 3.12. The first-order valence-electron chi connectivity index (χ1n) is 7.82. The lowest BCUT2D eigenvalue weighted by Crippen LogP contribution is -3.11. The molecule has 0 aliphatic carbocycles. The Morgan fingerprint density at radius 2 is 2.13 bits per heavy atom. The standard InChI is InChI=1S/C17H22N2O4/c1-11-17(13-8-12(21-3)4-5-14(13)18-11)15(20)9-19(2)10-16-22-6-7-23-16/h4-5,8,16,18H,6-7,9-10H2,1-3H3/p+1. The summed E-state index contributed by atoms with van der Waals surface area (Å²) in [5.74, 6) is 0.858. The van der Waals surface area contributed by atoms with Gasteiger partial charge in [0, 0.05) is 16.6 Å². The van der Waals surface area contributed by atoms with Crippen LogP contribution in [0, 0.1) is 6.92 Å². The van der Waals surface area contributed by atoms with Crippen LogP contribution >= 0.6 is 0 Å². The van der Waals surface area contributed by atoms with Crippen molar-refractivity contribution in [3.63, 3.8) is 0 Å². The number of Topliss-reactive ketones (excluding diaryl/α,β-unsaturated/α-hetero) is 1. The van der Waals surface area contributed by atoms with Gasteiger partial charge in [-0.1, -0.05) is 0 Å². The first-order chi connectivity index (χ1) is 11.1. The number of rotatable bonds is 6. The maximum absolute atomic E-state index is 12.8. The van der Waals surface area contributed by atoms with E-state index >= 15 is 0 Å². The second-order valence-corrected chi connectivity index (χ2v) is 5.97. The number of carbonyl (C=O) groups excluding carboxylic acids is 1. The molecule has 1 aliphatic rings. The molecule has 3 rings (SSSR count). The fourth-order valence-electron chi connectivity index (χ4n) is 3.04. The molecule has 124 valence electrons. The summed E-state index contributed by atoms with van der Waals surface area (Å²) >= 11 is 0. The summed E-state index contributed by atoms with van der Waals surface area (Å²) in [6, 6.07) is 5.73. The maximum atomic E-state index is 12.8. The zero-order valence-electron chi connectivity index (χ0n) is 13.8. The Morgan fingerprint density at radius 1 is 1.39 bits per heavy atom. The van der Waals surface area contributed by atoms with E-state index in [-0.39, 0.29) is 12.1 Å². The second-order valence-electron chi connectivity index (χ2n) is 5.97. The molecule has 0 saturated carbocycles. The lowest BCUT2D eigenvalue weighted by Gasteiger charge is -2.16. The lowest BCUT2D eigenvalue weighted by atomic mass is 10.1. The number of quaternary nitrogens is 1. The summed E-state index contributed by atoms with van der Waals surface area (Å²) in [6.07, 6.45) is -0.202. The van der Waals surface area contributed by atoms with E-state index < -0.39 is 0 Å². The number of aromatic amines is 1. The Hall–Kier alpha value is -1.89. The van der Waals surface area contributed by atoms with Gasteiger partial charge in [0.15, 0.2) is 0 Å². The van der Waals surface area contributed by atoms with Gasteiger partial charge in [-0.05, 0) is 25.1 Å². The number of ketones is 1. The van der Waals surface area contributed by atoms with E-state index in [1.165, 1.54) is 0 Å². The Kier molecular flexibility index (Phi) is 4.66. The van der Waals surface area contributed by atoms with Crippen LogP contribution in [-0.2, 0) is 9.47 Å². The molecule has 1 unspecified atom stereocenters. The van der Waals surface area contributed by atoms with Gasteiger partial charge in [0.25, 0.3) is 0 Å². The number of likely N-dealkylation sites (N-methyl/N-ethyl adjacent to an activating group) is 1. The summed E-state index contributed by atoms with van der Waals surface area (Å²) in [5.41, 5.74) is 2.58. The third-order valence-electron chi connectivity index (χ3n) is 4.14. The number of carbonyl (C=O) groups is 1. The maximum Gasteiger partial charge on any atom is 0.219 e. The number of nitrogens with one attached hydrogen (secondary N) is 2. The predicted octanol–water partition coefficient (Wildman–Crippen LogP) is 0.555. The minimum Gasteiger partial charge on any atom is -0.497 e. The number of aryl methyl sites for hydroxylation is 1. The van der Waals surface area contributed by atoms with Gasteiger partial charge in [-0.15, -0.1) is 0 Å². The van der Waals surface area contributed by atoms with Crippen molar-refractivity contribution < 1.29 is 23.9 Å². The second kappa shape index (κ2) is 6.70. The minimum atomic E-state index is -0.202. The van der Waals surface area contributed by atoms with Gasteiger partial charge in [-0.25, -0.2) is 0 Å². The molecule has 1 saturated heterocycles. The topological polar surface area (TPSA) is 65.0 Å². The fourth-order valence-corrected chi connectivity index (χ4v) is 3.04. The van der Waals surface area contributed by atoms with Gasteiger partial charge in [0.1, 0.15) is 18.8 Å². The van der Waals surface area contributed by atoms with Crippen molar-refractivity contribution in [1.29, 1.82) is 0 Å². The monoisotopic (exact) mass is 319 g/mol. The number of H-pyrrole nitrogens is 1. The summed E-state index contributed by atoms with van der Waals surface area (Å²) in [5, 5.41) is 0.910. The summed E-state index contributed by atoms with van der Waals surface area (Å²) in [4.78, 5) is 17.1. The highest BCUT2D eigenvalue weighted by Crippen LogP contribution is 2.26. The smallest absolute Gasteiger partial charge is 0.219 e. The van der Waals surface area contributed by atoms with Crippen molar-refractivity contribution >= 4 is 16.7 Å². The van der Waals surface area contributed by atoms with Crippen molar-refractivity contribution in [2.45, 2.75) is 13.2 Å². The van der Waals surface area contributed by atoms with Gasteiger partial charge in [-0.3, -0.25) is 4.79 Å². The molecule has 2 heterocycles. The van der Waals surface area contributed by atoms with Crippen LogP contribution in [0.25, 0.3) is 10.9 Å². The van der Waals surface area contributed by atoms with Crippen LogP contribution in [0.3, 0.4) is 0 Å². The SMILES string of the molecule is COc1ccc2[nH]c(C)c(C(=O)C[NH+](C)CC3OCCO3)c2c1. The van der Waals surface area contributed by atoms with Gasteiger partial charge < -0.3 is 24.1 Å². The summed E-state index contributed by atoms with van der Waals surface area (Å²) in [6.45, 7) is 4.25. The molecule has 0 bridgehead atoms. The van der Waals surface area contributed by atoms with Crippen molar-refractivity contribution in [2.75, 3.05) is 40.5 Å². The summed E-state index contributed by atoms with van der Waals surface area (Å²) < 4.78 is 16.2. The van der Waals surface area contributed by atoms with Crippen molar-refractivity contribution in [3.8, 4) is 5.75 Å². The molecule has 0 amide bonds. The van der Waals surface area contributed by atoms with Gasteiger partial charge >= 0.3 is 0 Å². The Bertz CT molecular complexity index is 704. The van der Waals surface area contributed by atoms with Crippen LogP contribution < -0.4 is 9.64 Å². The molecular formula is C17H23N2O4+. The highest BCUT2D eigenvalue weighted by atomic mass is 16.7. The Labute approximate surface area is 135 Å². The fraction of sp³-hybridized carbons (Fsp3) is 0.471. The quantitative estimate of drug-likeness (QED) is 0.764. The predicted molar refractivity (Wildman–Crippen MR) is 86.2 cm³/mol. The molecule has 1 fully saturated rings. The first kappa shape index (κ1) is 16.0. The van der Waals surface area contributed by atoms with Crippen LogP contribution in [0.2, 0.25) is 0 Å². The molecule has 2 N–H and O–H groups in total. The van der Waals surface area contributed by atoms with E-state index in [9.17, 15) is 4.79 Å². The minimum absolute atomic E-state index is 0.109. The van der Waals surface area contributed by atoms with Crippen molar-refractivity contribution in [3.05, 3.63) is 29.5 Å². The number of hydrogen-bond acceptors (Lipinski definition) is 4. The molecule has 0 spiro atoms. The van der Waals surface area contributed by atoms with Crippen LogP contribution in [0.4, 0.5) is 0 Å².